The molecule has 6 nitrogen and oxygen atoms in total. The monoisotopic (exact) mass is 308 g/mol. The van der Waals surface area contributed by atoms with Gasteiger partial charge in [-0.25, -0.2) is 0 Å². The number of furan rings is 1. The van der Waals surface area contributed by atoms with Crippen LogP contribution in [0.3, 0.4) is 0 Å². The van der Waals surface area contributed by atoms with Gasteiger partial charge in [-0.1, -0.05) is 20.3 Å². The van der Waals surface area contributed by atoms with E-state index in [-0.39, 0.29) is 30.0 Å². The van der Waals surface area contributed by atoms with E-state index < -0.39 is 12.1 Å². The van der Waals surface area contributed by atoms with Crippen LogP contribution in [0, 0.1) is 5.92 Å². The Morgan fingerprint density at radius 2 is 2.32 bits per heavy atom. The summed E-state index contributed by atoms with van der Waals surface area (Å²) in [7, 11) is 0. The molecule has 1 aromatic heterocycles. The highest BCUT2D eigenvalue weighted by atomic mass is 16.3. The van der Waals surface area contributed by atoms with E-state index in [1.165, 1.54) is 6.26 Å². The first-order chi connectivity index (χ1) is 10.5. The van der Waals surface area contributed by atoms with Gasteiger partial charge in [0, 0.05) is 13.1 Å². The van der Waals surface area contributed by atoms with Crippen molar-refractivity contribution in [3.8, 4) is 0 Å². The predicted octanol–water partition coefficient (Wildman–Crippen LogP) is 1.41. The van der Waals surface area contributed by atoms with Crippen LogP contribution in [-0.2, 0) is 4.79 Å². The summed E-state index contributed by atoms with van der Waals surface area (Å²) < 4.78 is 5.12. The minimum Gasteiger partial charge on any atom is -0.459 e. The van der Waals surface area contributed by atoms with Crippen LogP contribution < -0.4 is 5.32 Å². The molecule has 1 saturated heterocycles. The van der Waals surface area contributed by atoms with Crippen molar-refractivity contribution in [2.75, 3.05) is 13.1 Å². The second-order valence-corrected chi connectivity index (χ2v) is 5.83. The standard InChI is InChI=1S/C16H24N2O4/c1-3-11(2)13(19)10-17-15(20)12-6-4-8-18(12)16(21)14-7-5-9-22-14/h5,7,9,11-13,19H,3-4,6,8,10H2,1-2H3,(H,17,20). The predicted molar refractivity (Wildman–Crippen MR) is 81.2 cm³/mol. The number of nitrogens with zero attached hydrogens (tertiary/aromatic N) is 1. The topological polar surface area (TPSA) is 82.8 Å². The zero-order chi connectivity index (χ0) is 16.1. The maximum absolute atomic E-state index is 12.3. The van der Waals surface area contributed by atoms with E-state index in [2.05, 4.69) is 5.32 Å². The fourth-order valence-electron chi connectivity index (χ4n) is 2.62. The fourth-order valence-corrected chi connectivity index (χ4v) is 2.62. The van der Waals surface area contributed by atoms with Crippen LogP contribution in [0.15, 0.2) is 22.8 Å². The lowest BCUT2D eigenvalue weighted by molar-refractivity contribution is -0.125. The summed E-state index contributed by atoms with van der Waals surface area (Å²) in [6.07, 6.45) is 3.16. The van der Waals surface area contributed by atoms with Gasteiger partial charge in [-0.3, -0.25) is 9.59 Å². The van der Waals surface area contributed by atoms with Crippen LogP contribution in [0.2, 0.25) is 0 Å². The van der Waals surface area contributed by atoms with Crippen LogP contribution >= 0.6 is 0 Å². The van der Waals surface area contributed by atoms with E-state index in [4.69, 9.17) is 4.42 Å². The molecule has 1 aliphatic rings. The second kappa shape index (κ2) is 7.45. The number of aliphatic hydroxyl groups is 1. The molecule has 0 radical (unpaired) electrons. The summed E-state index contributed by atoms with van der Waals surface area (Å²) in [4.78, 5) is 26.2. The van der Waals surface area contributed by atoms with Gasteiger partial charge in [-0.2, -0.15) is 0 Å². The van der Waals surface area contributed by atoms with Crippen molar-refractivity contribution in [2.24, 2.45) is 5.92 Å². The normalized spacial score (nSPS) is 20.7. The van der Waals surface area contributed by atoms with Crippen LogP contribution in [0.4, 0.5) is 0 Å². The maximum atomic E-state index is 12.3. The van der Waals surface area contributed by atoms with Gasteiger partial charge in [0.05, 0.1) is 12.4 Å². The van der Waals surface area contributed by atoms with E-state index in [9.17, 15) is 14.7 Å². The highest BCUT2D eigenvalue weighted by molar-refractivity contribution is 5.95. The Labute approximate surface area is 130 Å². The van der Waals surface area contributed by atoms with Crippen molar-refractivity contribution in [3.05, 3.63) is 24.2 Å². The Kier molecular flexibility index (Phi) is 5.60. The van der Waals surface area contributed by atoms with Gasteiger partial charge in [-0.05, 0) is 30.9 Å². The van der Waals surface area contributed by atoms with Crippen molar-refractivity contribution in [1.82, 2.24) is 10.2 Å². The molecule has 1 fully saturated rings. The number of nitrogens with one attached hydrogen (secondary N) is 1. The Morgan fingerprint density at radius 1 is 1.55 bits per heavy atom. The molecule has 122 valence electrons. The molecule has 2 rings (SSSR count). The zero-order valence-electron chi connectivity index (χ0n) is 13.1. The van der Waals surface area contributed by atoms with Gasteiger partial charge in [-0.15, -0.1) is 0 Å². The lowest BCUT2D eigenvalue weighted by Gasteiger charge is -2.24. The number of rotatable bonds is 6. The zero-order valence-corrected chi connectivity index (χ0v) is 13.1. The molecule has 1 aromatic rings. The van der Waals surface area contributed by atoms with Crippen molar-refractivity contribution >= 4 is 11.8 Å². The Bertz CT molecular complexity index is 500. The molecule has 0 saturated carbocycles. The molecule has 1 aliphatic heterocycles. The van der Waals surface area contributed by atoms with Gasteiger partial charge in [0.15, 0.2) is 5.76 Å². The molecule has 2 amide bonds. The van der Waals surface area contributed by atoms with Gasteiger partial charge in [0.2, 0.25) is 5.91 Å². The van der Waals surface area contributed by atoms with Crippen molar-refractivity contribution in [3.63, 3.8) is 0 Å². The minimum absolute atomic E-state index is 0.129. The molecule has 0 spiro atoms. The third-order valence-corrected chi connectivity index (χ3v) is 4.33. The Morgan fingerprint density at radius 3 is 2.95 bits per heavy atom. The Balaban J connectivity index is 1.92. The molecular weight excluding hydrogens is 284 g/mol. The Hall–Kier alpha value is -1.82. The highest BCUT2D eigenvalue weighted by Crippen LogP contribution is 2.20. The molecule has 3 atom stereocenters. The molecule has 0 aromatic carbocycles. The molecule has 0 bridgehead atoms. The summed E-state index contributed by atoms with van der Waals surface area (Å²) in [5.74, 6) is -0.0889. The quantitative estimate of drug-likeness (QED) is 0.832. The SMILES string of the molecule is CCC(C)C(O)CNC(=O)C1CCCN1C(=O)c1ccco1. The van der Waals surface area contributed by atoms with E-state index in [1.807, 2.05) is 13.8 Å². The summed E-state index contributed by atoms with van der Waals surface area (Å²) in [6.45, 7) is 4.70. The highest BCUT2D eigenvalue weighted by Gasteiger charge is 2.35. The molecule has 3 unspecified atom stereocenters. The average Bonchev–Trinajstić information content (AvgIpc) is 3.21. The average molecular weight is 308 g/mol. The van der Waals surface area contributed by atoms with Crippen LogP contribution in [-0.4, -0.2) is 47.1 Å². The lowest BCUT2D eigenvalue weighted by Crippen LogP contribution is -2.48. The number of aliphatic hydroxyl groups excluding tert-OH is 1. The van der Waals surface area contributed by atoms with E-state index >= 15 is 0 Å². The number of likely N-dealkylation sites (tertiary alicyclic amines) is 1. The molecule has 2 heterocycles. The second-order valence-electron chi connectivity index (χ2n) is 5.83. The first-order valence-corrected chi connectivity index (χ1v) is 7.84. The van der Waals surface area contributed by atoms with E-state index in [1.54, 1.807) is 17.0 Å². The van der Waals surface area contributed by atoms with Crippen LogP contribution in [0.25, 0.3) is 0 Å². The maximum Gasteiger partial charge on any atom is 0.290 e. The number of amides is 2. The van der Waals surface area contributed by atoms with E-state index in [0.717, 1.165) is 12.8 Å². The third-order valence-electron chi connectivity index (χ3n) is 4.33. The van der Waals surface area contributed by atoms with Crippen molar-refractivity contribution in [2.45, 2.75) is 45.3 Å². The van der Waals surface area contributed by atoms with Crippen LogP contribution in [0.5, 0.6) is 0 Å². The molecule has 6 heteroatoms. The third kappa shape index (κ3) is 3.68. The number of hydrogen-bond donors (Lipinski definition) is 2. The van der Waals surface area contributed by atoms with Gasteiger partial charge >= 0.3 is 0 Å². The number of carbonyl (C=O) groups excluding carboxylic acids is 2. The first kappa shape index (κ1) is 16.5. The fraction of sp³-hybridized carbons (Fsp3) is 0.625. The van der Waals surface area contributed by atoms with Crippen LogP contribution in [0.1, 0.15) is 43.7 Å². The van der Waals surface area contributed by atoms with Crippen molar-refractivity contribution in [1.29, 1.82) is 0 Å². The summed E-state index contributed by atoms with van der Waals surface area (Å²) in [5.41, 5.74) is 0. The smallest absolute Gasteiger partial charge is 0.290 e. The number of hydrogen-bond acceptors (Lipinski definition) is 4. The molecular formula is C16H24N2O4. The largest absolute Gasteiger partial charge is 0.459 e. The van der Waals surface area contributed by atoms with Crippen molar-refractivity contribution < 1.29 is 19.1 Å². The number of carbonyl (C=O) groups is 2. The minimum atomic E-state index is -0.565. The molecule has 0 aliphatic carbocycles. The summed E-state index contributed by atoms with van der Waals surface area (Å²) in [5, 5.41) is 12.7. The van der Waals surface area contributed by atoms with Gasteiger partial charge in [0.1, 0.15) is 6.04 Å². The van der Waals surface area contributed by atoms with E-state index in [0.29, 0.717) is 13.0 Å². The summed E-state index contributed by atoms with van der Waals surface area (Å²) in [6, 6.07) is 2.77. The molecule has 22 heavy (non-hydrogen) atoms. The first-order valence-electron chi connectivity index (χ1n) is 7.84. The molecule has 2 N–H and O–H groups in total. The van der Waals surface area contributed by atoms with Gasteiger partial charge < -0.3 is 19.7 Å². The summed E-state index contributed by atoms with van der Waals surface area (Å²) >= 11 is 0. The van der Waals surface area contributed by atoms with Gasteiger partial charge in [0.25, 0.3) is 5.91 Å². The lowest BCUT2D eigenvalue weighted by atomic mass is 10.0.